The zero-order valence-electron chi connectivity index (χ0n) is 17.3. The van der Waals surface area contributed by atoms with Crippen molar-refractivity contribution in [3.05, 3.63) is 53.5 Å². The summed E-state index contributed by atoms with van der Waals surface area (Å²) in [6.07, 6.45) is 5.74. The Kier molecular flexibility index (Phi) is 5.49. The van der Waals surface area contributed by atoms with Crippen molar-refractivity contribution < 1.29 is 4.79 Å². The second-order valence-corrected chi connectivity index (χ2v) is 7.94. The second kappa shape index (κ2) is 8.21. The highest BCUT2D eigenvalue weighted by Gasteiger charge is 2.18. The van der Waals surface area contributed by atoms with E-state index in [0.717, 1.165) is 30.0 Å². The van der Waals surface area contributed by atoms with E-state index < -0.39 is 0 Å². The molecule has 7 heteroatoms. The van der Waals surface area contributed by atoms with Gasteiger partial charge in [0.1, 0.15) is 5.69 Å². The first kappa shape index (κ1) is 19.4. The number of aromatic nitrogens is 4. The molecule has 3 aromatic rings. The maximum Gasteiger partial charge on any atom is 0.273 e. The molecule has 152 valence electrons. The molecule has 0 aliphatic carbocycles. The molecule has 0 radical (unpaired) electrons. The standard InChI is InChI=1S/C22H28N6O/c1-15-7-4-5-10-28(15)13-17-8-6-9-18(11-17)23-22(29)21-12-20(24-25-21)19-14-27(3)26-16(19)2/h6,8-9,11-12,14-15H,4-5,7,10,13H2,1-3H3,(H,23,29)(H,24,25)/t15-/m0/s1. The maximum absolute atomic E-state index is 12.7. The third-order valence-corrected chi connectivity index (χ3v) is 5.62. The Balaban J connectivity index is 1.44. The van der Waals surface area contributed by atoms with Crippen molar-refractivity contribution in [2.24, 2.45) is 7.05 Å². The van der Waals surface area contributed by atoms with Gasteiger partial charge in [-0.15, -0.1) is 0 Å². The van der Waals surface area contributed by atoms with Crippen LogP contribution in [0.15, 0.2) is 36.5 Å². The summed E-state index contributed by atoms with van der Waals surface area (Å²) in [7, 11) is 1.87. The van der Waals surface area contributed by atoms with E-state index in [2.05, 4.69) is 44.6 Å². The van der Waals surface area contributed by atoms with Crippen LogP contribution in [0.1, 0.15) is 47.9 Å². The lowest BCUT2D eigenvalue weighted by molar-refractivity contribution is 0.102. The van der Waals surface area contributed by atoms with Gasteiger partial charge in [0, 0.05) is 37.1 Å². The maximum atomic E-state index is 12.7. The fourth-order valence-electron chi connectivity index (χ4n) is 4.00. The SMILES string of the molecule is Cc1nn(C)cc1-c1cc(C(=O)Nc2cccc(CN3CCCC[C@@H]3C)c2)[nH]n1. The average Bonchev–Trinajstić information content (AvgIpc) is 3.30. The van der Waals surface area contributed by atoms with Crippen LogP contribution in [0.3, 0.4) is 0 Å². The smallest absolute Gasteiger partial charge is 0.273 e. The molecule has 7 nitrogen and oxygen atoms in total. The molecule has 1 aliphatic heterocycles. The van der Waals surface area contributed by atoms with Crippen molar-refractivity contribution in [2.45, 2.75) is 45.7 Å². The Morgan fingerprint density at radius 1 is 1.31 bits per heavy atom. The van der Waals surface area contributed by atoms with Gasteiger partial charge >= 0.3 is 0 Å². The zero-order chi connectivity index (χ0) is 20.4. The monoisotopic (exact) mass is 392 g/mol. The Morgan fingerprint density at radius 3 is 2.93 bits per heavy atom. The molecular formula is C22H28N6O. The van der Waals surface area contributed by atoms with Crippen LogP contribution < -0.4 is 5.32 Å². The first-order valence-electron chi connectivity index (χ1n) is 10.2. The van der Waals surface area contributed by atoms with Gasteiger partial charge in [-0.1, -0.05) is 18.6 Å². The molecule has 2 N–H and O–H groups in total. The van der Waals surface area contributed by atoms with Crippen LogP contribution in [0, 0.1) is 6.92 Å². The lowest BCUT2D eigenvalue weighted by atomic mass is 10.0. The van der Waals surface area contributed by atoms with Gasteiger partial charge in [-0.2, -0.15) is 10.2 Å². The van der Waals surface area contributed by atoms with Crippen LogP contribution in [0.5, 0.6) is 0 Å². The minimum Gasteiger partial charge on any atom is -0.321 e. The number of benzene rings is 1. The lowest BCUT2D eigenvalue weighted by Gasteiger charge is -2.33. The fraction of sp³-hybridized carbons (Fsp3) is 0.409. The molecule has 1 fully saturated rings. The number of likely N-dealkylation sites (tertiary alicyclic amines) is 1. The van der Waals surface area contributed by atoms with Crippen molar-refractivity contribution in [1.82, 2.24) is 24.9 Å². The number of aromatic amines is 1. The number of carbonyl (C=O) groups is 1. The molecule has 0 bridgehead atoms. The third kappa shape index (κ3) is 4.40. The Bertz CT molecular complexity index is 1000. The highest BCUT2D eigenvalue weighted by molar-refractivity contribution is 6.03. The van der Waals surface area contributed by atoms with Crippen LogP contribution in [0.25, 0.3) is 11.3 Å². The molecule has 0 saturated carbocycles. The van der Waals surface area contributed by atoms with Gasteiger partial charge in [0.25, 0.3) is 5.91 Å². The molecule has 0 spiro atoms. The van der Waals surface area contributed by atoms with Crippen molar-refractivity contribution in [3.8, 4) is 11.3 Å². The summed E-state index contributed by atoms with van der Waals surface area (Å²) >= 11 is 0. The lowest BCUT2D eigenvalue weighted by Crippen LogP contribution is -2.36. The number of rotatable bonds is 5. The molecule has 3 heterocycles. The Hall–Kier alpha value is -2.93. The second-order valence-electron chi connectivity index (χ2n) is 7.94. The summed E-state index contributed by atoms with van der Waals surface area (Å²) in [5.41, 5.74) is 4.96. The largest absolute Gasteiger partial charge is 0.321 e. The predicted molar refractivity (Wildman–Crippen MR) is 114 cm³/mol. The molecule has 4 rings (SSSR count). The molecule has 1 amide bonds. The van der Waals surface area contributed by atoms with E-state index >= 15 is 0 Å². The molecule has 29 heavy (non-hydrogen) atoms. The van der Waals surface area contributed by atoms with E-state index in [1.54, 1.807) is 10.7 Å². The number of nitrogens with zero attached hydrogens (tertiary/aromatic N) is 4. The van der Waals surface area contributed by atoms with Gasteiger partial charge in [-0.25, -0.2) is 0 Å². The number of amides is 1. The number of anilines is 1. The van der Waals surface area contributed by atoms with Crippen LogP contribution in [0.2, 0.25) is 0 Å². The number of piperidine rings is 1. The van der Waals surface area contributed by atoms with E-state index in [0.29, 0.717) is 17.4 Å². The fourth-order valence-corrected chi connectivity index (χ4v) is 4.00. The number of hydrogen-bond acceptors (Lipinski definition) is 4. The molecular weight excluding hydrogens is 364 g/mol. The summed E-state index contributed by atoms with van der Waals surface area (Å²) in [5, 5.41) is 14.4. The number of H-pyrrole nitrogens is 1. The summed E-state index contributed by atoms with van der Waals surface area (Å²) in [6, 6.07) is 10.5. The van der Waals surface area contributed by atoms with Crippen LogP contribution in [-0.4, -0.2) is 43.4 Å². The minimum atomic E-state index is -0.200. The van der Waals surface area contributed by atoms with Gasteiger partial charge in [0.05, 0.1) is 11.4 Å². The summed E-state index contributed by atoms with van der Waals surface area (Å²) in [5.74, 6) is -0.200. The average molecular weight is 393 g/mol. The Labute approximate surface area is 171 Å². The van der Waals surface area contributed by atoms with E-state index in [-0.39, 0.29) is 5.91 Å². The molecule has 1 atom stereocenters. The summed E-state index contributed by atoms with van der Waals surface area (Å²) < 4.78 is 1.74. The Morgan fingerprint density at radius 2 is 2.17 bits per heavy atom. The van der Waals surface area contributed by atoms with E-state index in [1.807, 2.05) is 32.3 Å². The van der Waals surface area contributed by atoms with Gasteiger partial charge < -0.3 is 5.32 Å². The van der Waals surface area contributed by atoms with E-state index in [9.17, 15) is 4.79 Å². The van der Waals surface area contributed by atoms with Crippen molar-refractivity contribution in [3.63, 3.8) is 0 Å². The molecule has 1 aliphatic rings. The summed E-state index contributed by atoms with van der Waals surface area (Å²) in [6.45, 7) is 6.28. The van der Waals surface area contributed by atoms with Crippen LogP contribution in [-0.2, 0) is 13.6 Å². The topological polar surface area (TPSA) is 78.8 Å². The van der Waals surface area contributed by atoms with Gasteiger partial charge in [-0.05, 0) is 57.0 Å². The van der Waals surface area contributed by atoms with Crippen molar-refractivity contribution in [2.75, 3.05) is 11.9 Å². The molecule has 1 saturated heterocycles. The van der Waals surface area contributed by atoms with Crippen LogP contribution in [0.4, 0.5) is 5.69 Å². The summed E-state index contributed by atoms with van der Waals surface area (Å²) in [4.78, 5) is 15.2. The number of carbonyl (C=O) groups excluding carboxylic acids is 1. The molecule has 0 unspecified atom stereocenters. The van der Waals surface area contributed by atoms with Gasteiger partial charge in [0.15, 0.2) is 0 Å². The van der Waals surface area contributed by atoms with Gasteiger partial charge in [0.2, 0.25) is 0 Å². The van der Waals surface area contributed by atoms with Crippen molar-refractivity contribution >= 4 is 11.6 Å². The highest BCUT2D eigenvalue weighted by atomic mass is 16.1. The van der Waals surface area contributed by atoms with E-state index in [4.69, 9.17) is 0 Å². The predicted octanol–water partition coefficient (Wildman–Crippen LogP) is 3.75. The normalized spacial score (nSPS) is 17.4. The van der Waals surface area contributed by atoms with Crippen LogP contribution >= 0.6 is 0 Å². The quantitative estimate of drug-likeness (QED) is 0.693. The number of nitrogens with one attached hydrogen (secondary N) is 2. The minimum absolute atomic E-state index is 0.200. The molecule has 2 aromatic heterocycles. The van der Waals surface area contributed by atoms with E-state index in [1.165, 1.54) is 24.8 Å². The number of hydrogen-bond donors (Lipinski definition) is 2. The molecule has 1 aromatic carbocycles. The van der Waals surface area contributed by atoms with Crippen molar-refractivity contribution in [1.29, 1.82) is 0 Å². The zero-order valence-corrected chi connectivity index (χ0v) is 17.3. The first-order valence-corrected chi connectivity index (χ1v) is 10.2. The third-order valence-electron chi connectivity index (χ3n) is 5.62. The van der Waals surface area contributed by atoms with Gasteiger partial charge in [-0.3, -0.25) is 19.5 Å². The first-order chi connectivity index (χ1) is 14.0. The number of aryl methyl sites for hydroxylation is 2. The highest BCUT2D eigenvalue weighted by Crippen LogP contribution is 2.22.